The van der Waals surface area contributed by atoms with Crippen molar-refractivity contribution in [3.63, 3.8) is 0 Å². The van der Waals surface area contributed by atoms with Gasteiger partial charge in [0.2, 0.25) is 5.91 Å². The molecular formula is C13H15F3N2O. The number of nitrogens with zero attached hydrogens (tertiary/aromatic N) is 1. The zero-order valence-electron chi connectivity index (χ0n) is 10.5. The van der Waals surface area contributed by atoms with E-state index in [2.05, 4.69) is 5.32 Å². The van der Waals surface area contributed by atoms with Crippen molar-refractivity contribution in [3.05, 3.63) is 29.8 Å². The number of para-hydroxylation sites is 1. The molecule has 0 spiro atoms. The van der Waals surface area contributed by atoms with Gasteiger partial charge in [-0.05, 0) is 25.0 Å². The first-order chi connectivity index (χ1) is 8.89. The van der Waals surface area contributed by atoms with Crippen molar-refractivity contribution in [1.82, 2.24) is 4.90 Å². The minimum atomic E-state index is -4.42. The second-order valence-electron chi connectivity index (χ2n) is 4.63. The van der Waals surface area contributed by atoms with Crippen LogP contribution in [0, 0.1) is 0 Å². The maximum Gasteiger partial charge on any atom is 0.418 e. The van der Waals surface area contributed by atoms with Crippen molar-refractivity contribution < 1.29 is 18.0 Å². The zero-order valence-corrected chi connectivity index (χ0v) is 10.5. The third-order valence-electron chi connectivity index (χ3n) is 3.15. The number of benzene rings is 1. The summed E-state index contributed by atoms with van der Waals surface area (Å²) >= 11 is 0. The standard InChI is InChI=1S/C13H15F3N2O/c1-18(9-6-7-9)12(19)8-17-11-5-3-2-4-10(11)13(14,15)16/h2-5,9,17H,6-8H2,1H3. The van der Waals surface area contributed by atoms with Gasteiger partial charge < -0.3 is 10.2 Å². The van der Waals surface area contributed by atoms with Crippen LogP contribution in [0.5, 0.6) is 0 Å². The van der Waals surface area contributed by atoms with Crippen molar-refractivity contribution in [2.24, 2.45) is 0 Å². The van der Waals surface area contributed by atoms with Crippen molar-refractivity contribution in [2.45, 2.75) is 25.1 Å². The Morgan fingerprint density at radius 2 is 2.00 bits per heavy atom. The molecule has 1 saturated carbocycles. The lowest BCUT2D eigenvalue weighted by Crippen LogP contribution is -2.34. The fourth-order valence-electron chi connectivity index (χ4n) is 1.85. The number of hydrogen-bond donors (Lipinski definition) is 1. The summed E-state index contributed by atoms with van der Waals surface area (Å²) in [6.07, 6.45) is -2.47. The number of alkyl halides is 3. The van der Waals surface area contributed by atoms with Gasteiger partial charge in [-0.3, -0.25) is 4.79 Å². The SMILES string of the molecule is CN(C(=O)CNc1ccccc1C(F)(F)F)C1CC1. The summed E-state index contributed by atoms with van der Waals surface area (Å²) in [6, 6.07) is 5.41. The van der Waals surface area contributed by atoms with Gasteiger partial charge in [0.05, 0.1) is 12.1 Å². The van der Waals surface area contributed by atoms with Crippen LogP contribution < -0.4 is 5.32 Å². The molecule has 0 unspecified atom stereocenters. The Labute approximate surface area is 109 Å². The molecule has 6 heteroatoms. The van der Waals surface area contributed by atoms with Crippen molar-refractivity contribution >= 4 is 11.6 Å². The summed E-state index contributed by atoms with van der Waals surface area (Å²) < 4.78 is 38.2. The van der Waals surface area contributed by atoms with E-state index >= 15 is 0 Å². The van der Waals surface area contributed by atoms with Crippen LogP contribution in [0.1, 0.15) is 18.4 Å². The predicted molar refractivity (Wildman–Crippen MR) is 65.7 cm³/mol. The fourth-order valence-corrected chi connectivity index (χ4v) is 1.85. The number of hydrogen-bond acceptors (Lipinski definition) is 2. The molecule has 1 fully saturated rings. The smallest absolute Gasteiger partial charge is 0.376 e. The molecule has 1 aromatic rings. The third-order valence-corrected chi connectivity index (χ3v) is 3.15. The number of carbonyl (C=O) groups excluding carboxylic acids is 1. The van der Waals surface area contributed by atoms with Crippen LogP contribution in [0.25, 0.3) is 0 Å². The van der Waals surface area contributed by atoms with Gasteiger partial charge >= 0.3 is 6.18 Å². The van der Waals surface area contributed by atoms with Crippen LogP contribution in [0.15, 0.2) is 24.3 Å². The third kappa shape index (κ3) is 3.39. The first-order valence-corrected chi connectivity index (χ1v) is 6.05. The van der Waals surface area contributed by atoms with E-state index in [4.69, 9.17) is 0 Å². The first-order valence-electron chi connectivity index (χ1n) is 6.05. The molecule has 0 aromatic heterocycles. The van der Waals surface area contributed by atoms with E-state index in [1.165, 1.54) is 18.2 Å². The Hall–Kier alpha value is -1.72. The molecule has 104 valence electrons. The number of nitrogens with one attached hydrogen (secondary N) is 1. The lowest BCUT2D eigenvalue weighted by Gasteiger charge is -2.18. The predicted octanol–water partition coefficient (Wildman–Crippen LogP) is 2.74. The van der Waals surface area contributed by atoms with Crippen LogP contribution in [0.4, 0.5) is 18.9 Å². The van der Waals surface area contributed by atoms with Gasteiger partial charge in [0.1, 0.15) is 0 Å². The van der Waals surface area contributed by atoms with E-state index in [1.54, 1.807) is 11.9 Å². The fraction of sp³-hybridized carbons (Fsp3) is 0.462. The minimum absolute atomic E-state index is 0.0625. The highest BCUT2D eigenvalue weighted by molar-refractivity contribution is 5.81. The van der Waals surface area contributed by atoms with E-state index < -0.39 is 11.7 Å². The molecule has 3 nitrogen and oxygen atoms in total. The summed E-state index contributed by atoms with van der Waals surface area (Å²) in [4.78, 5) is 13.3. The van der Waals surface area contributed by atoms with Gasteiger partial charge in [-0.25, -0.2) is 0 Å². The van der Waals surface area contributed by atoms with Crippen LogP contribution in [0.3, 0.4) is 0 Å². The molecule has 0 saturated heterocycles. The van der Waals surface area contributed by atoms with E-state index in [0.717, 1.165) is 18.9 Å². The molecule has 1 aromatic carbocycles. The van der Waals surface area contributed by atoms with E-state index in [1.807, 2.05) is 0 Å². The topological polar surface area (TPSA) is 32.3 Å². The number of amides is 1. The van der Waals surface area contributed by atoms with Gasteiger partial charge in [-0.2, -0.15) is 13.2 Å². The molecule has 1 aliphatic rings. The maximum absolute atomic E-state index is 12.7. The minimum Gasteiger partial charge on any atom is -0.376 e. The van der Waals surface area contributed by atoms with Crippen LogP contribution in [-0.2, 0) is 11.0 Å². The largest absolute Gasteiger partial charge is 0.418 e. The normalized spacial score (nSPS) is 15.2. The second kappa shape index (κ2) is 5.11. The Kier molecular flexibility index (Phi) is 3.68. The number of carbonyl (C=O) groups is 1. The number of anilines is 1. The second-order valence-corrected chi connectivity index (χ2v) is 4.63. The molecule has 0 heterocycles. The van der Waals surface area contributed by atoms with Gasteiger partial charge in [-0.1, -0.05) is 12.1 Å². The highest BCUT2D eigenvalue weighted by atomic mass is 19.4. The van der Waals surface area contributed by atoms with E-state index in [-0.39, 0.29) is 24.2 Å². The van der Waals surface area contributed by atoms with Gasteiger partial charge in [0, 0.05) is 18.8 Å². The van der Waals surface area contributed by atoms with Crippen LogP contribution in [-0.4, -0.2) is 30.4 Å². The van der Waals surface area contributed by atoms with Gasteiger partial charge in [0.15, 0.2) is 0 Å². The maximum atomic E-state index is 12.7. The molecule has 0 aliphatic heterocycles. The number of halogens is 3. The number of likely N-dealkylation sites (N-methyl/N-ethyl adjacent to an activating group) is 1. The molecule has 0 bridgehead atoms. The average molecular weight is 272 g/mol. The molecule has 1 amide bonds. The summed E-state index contributed by atoms with van der Waals surface area (Å²) in [5.41, 5.74) is -0.815. The number of rotatable bonds is 4. The van der Waals surface area contributed by atoms with Crippen molar-refractivity contribution in [2.75, 3.05) is 18.9 Å². The molecule has 1 aliphatic carbocycles. The Morgan fingerprint density at radius 3 is 2.58 bits per heavy atom. The lowest BCUT2D eigenvalue weighted by atomic mass is 10.1. The van der Waals surface area contributed by atoms with E-state index in [9.17, 15) is 18.0 Å². The molecule has 2 rings (SSSR count). The average Bonchev–Trinajstić information content (AvgIpc) is 3.18. The quantitative estimate of drug-likeness (QED) is 0.914. The molecular weight excluding hydrogens is 257 g/mol. The Bertz CT molecular complexity index is 469. The molecule has 19 heavy (non-hydrogen) atoms. The Morgan fingerprint density at radius 1 is 1.37 bits per heavy atom. The molecule has 1 N–H and O–H groups in total. The van der Waals surface area contributed by atoms with E-state index in [0.29, 0.717) is 0 Å². The van der Waals surface area contributed by atoms with Crippen LogP contribution in [0.2, 0.25) is 0 Å². The highest BCUT2D eigenvalue weighted by Gasteiger charge is 2.33. The Balaban J connectivity index is 2.01. The summed E-state index contributed by atoms with van der Waals surface area (Å²) in [6.45, 7) is -0.125. The van der Waals surface area contributed by atoms with Crippen molar-refractivity contribution in [3.8, 4) is 0 Å². The van der Waals surface area contributed by atoms with Crippen LogP contribution >= 0.6 is 0 Å². The molecule has 0 atom stereocenters. The summed E-state index contributed by atoms with van der Waals surface area (Å²) in [5.74, 6) is -0.195. The lowest BCUT2D eigenvalue weighted by molar-refractivity contribution is -0.137. The monoisotopic (exact) mass is 272 g/mol. The molecule has 0 radical (unpaired) electrons. The van der Waals surface area contributed by atoms with Gasteiger partial charge in [0.25, 0.3) is 0 Å². The first kappa shape index (κ1) is 13.7. The highest BCUT2D eigenvalue weighted by Crippen LogP contribution is 2.34. The summed E-state index contributed by atoms with van der Waals surface area (Å²) in [5, 5.41) is 2.57. The summed E-state index contributed by atoms with van der Waals surface area (Å²) in [7, 11) is 1.68. The van der Waals surface area contributed by atoms with Crippen molar-refractivity contribution in [1.29, 1.82) is 0 Å². The zero-order chi connectivity index (χ0) is 14.0. The van der Waals surface area contributed by atoms with Gasteiger partial charge in [-0.15, -0.1) is 0 Å².